The molecule has 4 nitrogen and oxygen atoms in total. The Morgan fingerprint density at radius 3 is 2.61 bits per heavy atom. The molecular weight excluding hydrogens is 365 g/mol. The highest BCUT2D eigenvalue weighted by molar-refractivity contribution is 14.1. The Bertz CT molecular complexity index is 570. The molecule has 1 aliphatic heterocycles. The summed E-state index contributed by atoms with van der Waals surface area (Å²) in [6.07, 6.45) is 0.536. The van der Waals surface area contributed by atoms with Crippen LogP contribution in [0, 0.1) is 3.57 Å². The number of halogens is 1. The summed E-state index contributed by atoms with van der Waals surface area (Å²) in [5.74, 6) is 0.155. The van der Waals surface area contributed by atoms with E-state index in [9.17, 15) is 13.2 Å². The fourth-order valence-electron chi connectivity index (χ4n) is 2.07. The Labute approximate surface area is 120 Å². The van der Waals surface area contributed by atoms with E-state index in [2.05, 4.69) is 22.6 Å². The molecule has 6 heteroatoms. The van der Waals surface area contributed by atoms with E-state index in [-0.39, 0.29) is 23.5 Å². The number of benzene rings is 1. The van der Waals surface area contributed by atoms with Crippen molar-refractivity contribution >= 4 is 38.3 Å². The van der Waals surface area contributed by atoms with Crippen molar-refractivity contribution in [3.05, 3.63) is 33.4 Å². The van der Waals surface area contributed by atoms with Crippen LogP contribution in [0.25, 0.3) is 0 Å². The normalized spacial score (nSPS) is 21.8. The first kappa shape index (κ1) is 13.8. The van der Waals surface area contributed by atoms with Gasteiger partial charge in [-0.15, -0.1) is 0 Å². The van der Waals surface area contributed by atoms with Crippen molar-refractivity contribution in [3.63, 3.8) is 0 Å². The molecule has 1 fully saturated rings. The van der Waals surface area contributed by atoms with Crippen LogP contribution in [0.4, 0.5) is 0 Å². The zero-order chi connectivity index (χ0) is 13.3. The number of hydrogen-bond donors (Lipinski definition) is 0. The van der Waals surface area contributed by atoms with E-state index in [4.69, 9.17) is 0 Å². The van der Waals surface area contributed by atoms with Gasteiger partial charge in [-0.1, -0.05) is 12.1 Å². The molecule has 1 aromatic rings. The van der Waals surface area contributed by atoms with Gasteiger partial charge < -0.3 is 4.90 Å². The SMILES string of the molecule is CN(C(=O)c1ccccc1I)[C@H]1CCS(=O)(=O)C1. The molecule has 1 aliphatic rings. The van der Waals surface area contributed by atoms with Crippen molar-refractivity contribution in [2.45, 2.75) is 12.5 Å². The lowest BCUT2D eigenvalue weighted by atomic mass is 10.1. The van der Waals surface area contributed by atoms with Crippen molar-refractivity contribution in [2.24, 2.45) is 0 Å². The zero-order valence-corrected chi connectivity index (χ0v) is 12.9. The lowest BCUT2D eigenvalue weighted by molar-refractivity contribution is 0.0746. The maximum Gasteiger partial charge on any atom is 0.254 e. The van der Waals surface area contributed by atoms with Crippen LogP contribution in [0.1, 0.15) is 16.8 Å². The van der Waals surface area contributed by atoms with Gasteiger partial charge in [0.25, 0.3) is 5.91 Å². The first-order valence-electron chi connectivity index (χ1n) is 5.63. The fourth-order valence-corrected chi connectivity index (χ4v) is 4.46. The molecule has 0 bridgehead atoms. The highest BCUT2D eigenvalue weighted by Gasteiger charge is 2.33. The van der Waals surface area contributed by atoms with E-state index in [1.54, 1.807) is 18.0 Å². The van der Waals surface area contributed by atoms with E-state index >= 15 is 0 Å². The van der Waals surface area contributed by atoms with Gasteiger partial charge in [-0.25, -0.2) is 8.42 Å². The van der Waals surface area contributed by atoms with Crippen LogP contribution in [0.3, 0.4) is 0 Å². The van der Waals surface area contributed by atoms with Gasteiger partial charge in [-0.05, 0) is 41.1 Å². The van der Waals surface area contributed by atoms with Crippen LogP contribution >= 0.6 is 22.6 Å². The van der Waals surface area contributed by atoms with Gasteiger partial charge in [0, 0.05) is 16.7 Å². The summed E-state index contributed by atoms with van der Waals surface area (Å²) in [7, 11) is -1.28. The molecule has 0 aromatic heterocycles. The highest BCUT2D eigenvalue weighted by atomic mass is 127. The Balaban J connectivity index is 2.18. The monoisotopic (exact) mass is 379 g/mol. The molecule has 0 unspecified atom stereocenters. The number of sulfone groups is 1. The van der Waals surface area contributed by atoms with Crippen molar-refractivity contribution in [1.29, 1.82) is 0 Å². The predicted molar refractivity (Wildman–Crippen MR) is 78.3 cm³/mol. The molecular formula is C12H14INO3S. The van der Waals surface area contributed by atoms with E-state index in [0.717, 1.165) is 3.57 Å². The number of hydrogen-bond acceptors (Lipinski definition) is 3. The van der Waals surface area contributed by atoms with Crippen LogP contribution in [0.2, 0.25) is 0 Å². The number of rotatable bonds is 2. The smallest absolute Gasteiger partial charge is 0.254 e. The van der Waals surface area contributed by atoms with Gasteiger partial charge in [0.2, 0.25) is 0 Å². The molecule has 1 atom stereocenters. The Morgan fingerprint density at radius 1 is 1.39 bits per heavy atom. The highest BCUT2D eigenvalue weighted by Crippen LogP contribution is 2.20. The quantitative estimate of drug-likeness (QED) is 0.733. The fraction of sp³-hybridized carbons (Fsp3) is 0.417. The molecule has 1 heterocycles. The third kappa shape index (κ3) is 2.85. The summed E-state index contributed by atoms with van der Waals surface area (Å²) < 4.78 is 23.7. The first-order chi connectivity index (χ1) is 8.41. The second-order valence-corrected chi connectivity index (χ2v) is 7.84. The van der Waals surface area contributed by atoms with E-state index in [1.807, 2.05) is 18.2 Å². The van der Waals surface area contributed by atoms with Gasteiger partial charge in [0.1, 0.15) is 0 Å². The third-order valence-corrected chi connectivity index (χ3v) is 5.87. The van der Waals surface area contributed by atoms with Crippen LogP contribution in [0.15, 0.2) is 24.3 Å². The van der Waals surface area contributed by atoms with Gasteiger partial charge >= 0.3 is 0 Å². The lowest BCUT2D eigenvalue weighted by Gasteiger charge is -2.23. The molecule has 0 N–H and O–H groups in total. The molecule has 2 rings (SSSR count). The minimum absolute atomic E-state index is 0.0820. The summed E-state index contributed by atoms with van der Waals surface area (Å²) in [5, 5.41) is 0. The number of nitrogens with zero attached hydrogens (tertiary/aromatic N) is 1. The van der Waals surface area contributed by atoms with Crippen LogP contribution in [-0.2, 0) is 9.84 Å². The minimum atomic E-state index is -2.96. The van der Waals surface area contributed by atoms with Gasteiger partial charge in [0.15, 0.2) is 9.84 Å². The summed E-state index contributed by atoms with van der Waals surface area (Å²) >= 11 is 2.11. The largest absolute Gasteiger partial charge is 0.338 e. The van der Waals surface area contributed by atoms with Gasteiger partial charge in [0.05, 0.1) is 17.1 Å². The summed E-state index contributed by atoms with van der Waals surface area (Å²) in [4.78, 5) is 13.8. The van der Waals surface area contributed by atoms with E-state index < -0.39 is 9.84 Å². The van der Waals surface area contributed by atoms with Crippen LogP contribution in [0.5, 0.6) is 0 Å². The van der Waals surface area contributed by atoms with Gasteiger partial charge in [-0.3, -0.25) is 4.79 Å². The standard InChI is InChI=1S/C12H14INO3S/c1-14(9-6-7-18(16,17)8-9)12(15)10-4-2-3-5-11(10)13/h2-5,9H,6-8H2,1H3/t9-/m0/s1. The van der Waals surface area contributed by atoms with E-state index in [1.165, 1.54) is 0 Å². The molecule has 0 radical (unpaired) electrons. The zero-order valence-electron chi connectivity index (χ0n) is 9.97. The van der Waals surface area contributed by atoms with Crippen LogP contribution < -0.4 is 0 Å². The Hall–Kier alpha value is -0.630. The summed E-state index contributed by atoms with van der Waals surface area (Å²) in [6.45, 7) is 0. The number of carbonyl (C=O) groups excluding carboxylic acids is 1. The molecule has 0 spiro atoms. The van der Waals surface area contributed by atoms with Gasteiger partial charge in [-0.2, -0.15) is 0 Å². The second kappa shape index (κ2) is 5.16. The maximum absolute atomic E-state index is 12.3. The molecule has 0 aliphatic carbocycles. The average molecular weight is 379 g/mol. The maximum atomic E-state index is 12.3. The Kier molecular flexibility index (Phi) is 3.96. The number of amides is 1. The minimum Gasteiger partial charge on any atom is -0.338 e. The average Bonchev–Trinajstić information content (AvgIpc) is 2.68. The Morgan fingerprint density at radius 2 is 2.06 bits per heavy atom. The topological polar surface area (TPSA) is 54.5 Å². The van der Waals surface area contributed by atoms with Crippen molar-refractivity contribution in [3.8, 4) is 0 Å². The second-order valence-electron chi connectivity index (χ2n) is 4.45. The third-order valence-electron chi connectivity index (χ3n) is 3.18. The molecule has 98 valence electrons. The molecule has 1 saturated heterocycles. The van der Waals surface area contributed by atoms with Crippen molar-refractivity contribution in [1.82, 2.24) is 4.90 Å². The number of carbonyl (C=O) groups is 1. The molecule has 1 amide bonds. The first-order valence-corrected chi connectivity index (χ1v) is 8.53. The molecule has 18 heavy (non-hydrogen) atoms. The van der Waals surface area contributed by atoms with Crippen molar-refractivity contribution < 1.29 is 13.2 Å². The van der Waals surface area contributed by atoms with E-state index in [0.29, 0.717) is 12.0 Å². The lowest BCUT2D eigenvalue weighted by Crippen LogP contribution is -2.38. The van der Waals surface area contributed by atoms with Crippen LogP contribution in [-0.4, -0.2) is 43.8 Å². The molecule has 1 aromatic carbocycles. The summed E-state index contributed by atoms with van der Waals surface area (Å²) in [5.41, 5.74) is 0.630. The summed E-state index contributed by atoms with van der Waals surface area (Å²) in [6, 6.07) is 7.13. The van der Waals surface area contributed by atoms with Crippen molar-refractivity contribution in [2.75, 3.05) is 18.6 Å². The molecule has 0 saturated carbocycles. The predicted octanol–water partition coefficient (Wildman–Crippen LogP) is 1.55.